The molecule has 0 amide bonds. The monoisotopic (exact) mass is 408 g/mol. The van der Waals surface area contributed by atoms with Crippen LogP contribution in [0.2, 0.25) is 0 Å². The van der Waals surface area contributed by atoms with E-state index in [0.29, 0.717) is 0 Å². The van der Waals surface area contributed by atoms with E-state index in [2.05, 4.69) is 61.7 Å². The topological polar surface area (TPSA) is 210 Å². The van der Waals surface area contributed by atoms with Crippen molar-refractivity contribution in [2.24, 2.45) is 0 Å². The quantitative estimate of drug-likeness (QED) is 0.363. The van der Waals surface area contributed by atoms with Crippen LogP contribution in [-0.4, -0.2) is 35.0 Å². The summed E-state index contributed by atoms with van der Waals surface area (Å²) in [5.41, 5.74) is 15.1. The zero-order valence-corrected chi connectivity index (χ0v) is 15.7. The molecule has 0 saturated carbocycles. The second kappa shape index (κ2) is 9.70. The fourth-order valence-corrected chi connectivity index (χ4v) is 1.75. The van der Waals surface area contributed by atoms with Gasteiger partial charge in [-0.15, -0.1) is 0 Å². The van der Waals surface area contributed by atoms with Crippen LogP contribution in [0.1, 0.15) is 11.1 Å². The van der Waals surface area contributed by atoms with Crippen molar-refractivity contribution in [2.75, 3.05) is 0 Å². The van der Waals surface area contributed by atoms with Gasteiger partial charge in [-0.25, -0.2) is 16.8 Å². The van der Waals surface area contributed by atoms with E-state index in [9.17, 15) is 0 Å². The fourth-order valence-electron chi connectivity index (χ4n) is 1.75. The van der Waals surface area contributed by atoms with Gasteiger partial charge in [0.25, 0.3) is 0 Å². The Kier molecular flexibility index (Phi) is 8.99. The maximum Gasteiger partial charge on any atom is 0.215 e. The number of aryl methyl sites for hydroxylation is 2. The van der Waals surface area contributed by atoms with E-state index in [-0.39, 0.29) is 0 Å². The van der Waals surface area contributed by atoms with Gasteiger partial charge in [0.1, 0.15) is 11.4 Å². The molecule has 0 bridgehead atoms. The molecule has 0 aromatic heterocycles. The first-order valence-electron chi connectivity index (χ1n) is 6.80. The van der Waals surface area contributed by atoms with E-state index in [0.717, 1.165) is 11.4 Å². The molecule has 0 aliphatic heterocycles. The molecule has 10 nitrogen and oxygen atoms in total. The number of hydrogen-bond donors (Lipinski definition) is 4. The molecule has 146 valence electrons. The van der Waals surface area contributed by atoms with Crippen molar-refractivity contribution >= 4 is 32.2 Å². The van der Waals surface area contributed by atoms with E-state index in [1.54, 1.807) is 0 Å². The molecule has 0 saturated heterocycles. The van der Waals surface area contributed by atoms with E-state index in [1.165, 1.54) is 22.3 Å². The smallest absolute Gasteiger partial charge is 0.215 e. The van der Waals surface area contributed by atoms with Gasteiger partial charge in [-0.1, -0.05) is 0 Å². The first-order chi connectivity index (χ1) is 11.6. The van der Waals surface area contributed by atoms with Crippen molar-refractivity contribution in [3.8, 4) is 11.1 Å². The summed E-state index contributed by atoms with van der Waals surface area (Å²) >= 11 is 0. The number of benzene rings is 2. The zero-order valence-electron chi connectivity index (χ0n) is 14.0. The minimum atomic E-state index is -4.92. The van der Waals surface area contributed by atoms with Gasteiger partial charge in [0, 0.05) is 11.1 Å². The van der Waals surface area contributed by atoms with Crippen LogP contribution in [-0.2, 0) is 20.8 Å². The van der Waals surface area contributed by atoms with E-state index in [1.807, 2.05) is 0 Å². The highest BCUT2D eigenvalue weighted by atomic mass is 32.3. The van der Waals surface area contributed by atoms with Crippen LogP contribution < -0.4 is 11.5 Å². The maximum atomic E-state index is 8.63. The molecule has 12 heteroatoms. The summed E-state index contributed by atoms with van der Waals surface area (Å²) in [6.45, 7) is 4.18. The van der Waals surface area contributed by atoms with Crippen molar-refractivity contribution in [1.29, 1.82) is 0 Å². The molecule has 0 atom stereocenters. The van der Waals surface area contributed by atoms with Gasteiger partial charge in [-0.05, 0) is 61.4 Å². The SMILES string of the molecule is Cc1cc(-c2ccc([NH3+])c(C)c2)ccc1[NH3+].O=S(=O)([O-])O.O=S(=O)([O-])O. The van der Waals surface area contributed by atoms with Crippen LogP contribution in [0.25, 0.3) is 11.1 Å². The molecule has 2 aromatic rings. The summed E-state index contributed by atoms with van der Waals surface area (Å²) in [5, 5.41) is 0. The average Bonchev–Trinajstić information content (AvgIpc) is 2.41. The standard InChI is InChI=1S/C14H16N2.2H2O4S/c1-9-7-11(3-5-13(9)15)12-4-6-14(16)10(2)8-12;2*1-5(2,3)4/h3-8H,15-16H2,1-2H3;2*(H2,1,2,3,4). The van der Waals surface area contributed by atoms with E-state index < -0.39 is 20.8 Å². The molecule has 0 fully saturated rings. The van der Waals surface area contributed by atoms with E-state index >= 15 is 0 Å². The van der Waals surface area contributed by atoms with Crippen LogP contribution in [0.4, 0.5) is 11.4 Å². The predicted molar refractivity (Wildman–Crippen MR) is 91.1 cm³/mol. The minimum Gasteiger partial charge on any atom is -0.726 e. The third-order valence-electron chi connectivity index (χ3n) is 3.02. The van der Waals surface area contributed by atoms with Gasteiger partial charge >= 0.3 is 0 Å². The summed E-state index contributed by atoms with van der Waals surface area (Å²) in [6, 6.07) is 12.7. The van der Waals surface area contributed by atoms with Gasteiger partial charge in [-0.2, -0.15) is 0 Å². The average molecular weight is 408 g/mol. The lowest BCUT2D eigenvalue weighted by Crippen LogP contribution is -2.41. The van der Waals surface area contributed by atoms with Gasteiger partial charge in [0.15, 0.2) is 0 Å². The number of rotatable bonds is 1. The molecular formula is C14H20N2O8S2. The minimum absolute atomic E-state index is 1.09. The highest BCUT2D eigenvalue weighted by Crippen LogP contribution is 2.25. The first kappa shape index (κ1) is 24.1. The Morgan fingerprint density at radius 2 is 0.962 bits per heavy atom. The molecule has 0 radical (unpaired) electrons. The highest BCUT2D eigenvalue weighted by Gasteiger charge is 2.04. The van der Waals surface area contributed by atoms with Crippen molar-refractivity contribution in [3.63, 3.8) is 0 Å². The van der Waals surface area contributed by atoms with Crippen molar-refractivity contribution < 1.29 is 46.5 Å². The van der Waals surface area contributed by atoms with Crippen LogP contribution in [0.15, 0.2) is 36.4 Å². The summed E-state index contributed by atoms with van der Waals surface area (Å²) < 4.78 is 65.7. The fraction of sp³-hybridized carbons (Fsp3) is 0.143. The number of hydrogen-bond acceptors (Lipinski definition) is 6. The highest BCUT2D eigenvalue weighted by molar-refractivity contribution is 7.80. The van der Waals surface area contributed by atoms with Crippen molar-refractivity contribution in [3.05, 3.63) is 47.5 Å². The van der Waals surface area contributed by atoms with Crippen molar-refractivity contribution in [1.82, 2.24) is 0 Å². The van der Waals surface area contributed by atoms with Crippen LogP contribution >= 0.6 is 0 Å². The van der Waals surface area contributed by atoms with Crippen LogP contribution in [0, 0.1) is 13.8 Å². The molecule has 2 rings (SSSR count). The van der Waals surface area contributed by atoms with E-state index in [4.69, 9.17) is 35.0 Å². The third-order valence-corrected chi connectivity index (χ3v) is 3.02. The summed E-state index contributed by atoms with van der Waals surface area (Å²) in [6.07, 6.45) is 0. The predicted octanol–water partition coefficient (Wildman–Crippen LogP) is -0.274. The summed E-state index contributed by atoms with van der Waals surface area (Å²) in [4.78, 5) is 0. The Hall–Kier alpha value is -1.90. The molecular weight excluding hydrogens is 388 g/mol. The third kappa shape index (κ3) is 12.5. The molecule has 0 heterocycles. The van der Waals surface area contributed by atoms with Crippen LogP contribution in [0.5, 0.6) is 0 Å². The molecule has 8 N–H and O–H groups in total. The Bertz CT molecular complexity index is 861. The lowest BCUT2D eigenvalue weighted by atomic mass is 10.0. The van der Waals surface area contributed by atoms with Gasteiger partial charge in [-0.3, -0.25) is 9.11 Å². The maximum absolute atomic E-state index is 8.63. The molecule has 0 spiro atoms. The summed E-state index contributed by atoms with van der Waals surface area (Å²) in [5.74, 6) is 0. The molecule has 26 heavy (non-hydrogen) atoms. The molecule has 0 unspecified atom stereocenters. The summed E-state index contributed by atoms with van der Waals surface area (Å²) in [7, 11) is -9.83. The first-order valence-corrected chi connectivity index (χ1v) is 9.53. The van der Waals surface area contributed by atoms with Crippen molar-refractivity contribution in [2.45, 2.75) is 13.8 Å². The second-order valence-corrected chi connectivity index (χ2v) is 6.85. The van der Waals surface area contributed by atoms with Crippen LogP contribution in [0.3, 0.4) is 0 Å². The lowest BCUT2D eigenvalue weighted by molar-refractivity contribution is -0.256. The Morgan fingerprint density at radius 3 is 1.15 bits per heavy atom. The second-order valence-electron chi connectivity index (χ2n) is 5.14. The number of quaternary nitrogens is 2. The van der Waals surface area contributed by atoms with Gasteiger partial charge in [0.05, 0.1) is 0 Å². The largest absolute Gasteiger partial charge is 0.726 e. The molecule has 0 aliphatic rings. The Labute approximate surface area is 151 Å². The van der Waals surface area contributed by atoms with Gasteiger partial charge in [0.2, 0.25) is 20.8 Å². The zero-order chi connectivity index (χ0) is 20.7. The molecule has 2 aromatic carbocycles. The lowest BCUT2D eigenvalue weighted by Gasteiger charge is -2.05. The Morgan fingerprint density at radius 1 is 0.731 bits per heavy atom. The Balaban J connectivity index is 0.000000520. The molecule has 0 aliphatic carbocycles. The normalized spacial score (nSPS) is 10.9. The van der Waals surface area contributed by atoms with Gasteiger partial charge < -0.3 is 20.6 Å².